The summed E-state index contributed by atoms with van der Waals surface area (Å²) in [6.07, 6.45) is 0.0881. The summed E-state index contributed by atoms with van der Waals surface area (Å²) in [7, 11) is 0. The van der Waals surface area contributed by atoms with Crippen molar-refractivity contribution in [1.29, 1.82) is 0 Å². The maximum absolute atomic E-state index is 11.3. The largest absolute Gasteiger partial charge is 0.389 e. The van der Waals surface area contributed by atoms with E-state index in [0.717, 1.165) is 18.6 Å². The van der Waals surface area contributed by atoms with Crippen LogP contribution in [0, 0.1) is 0 Å². The molecule has 310 valence electrons. The van der Waals surface area contributed by atoms with Gasteiger partial charge in [0, 0.05) is 24.4 Å². The fourth-order valence-electron chi connectivity index (χ4n) is 6.63. The number of hydrogen-bond donors (Lipinski definition) is 10. The Morgan fingerprint density at radius 3 is 1.51 bits per heavy atom. The van der Waals surface area contributed by atoms with Crippen LogP contribution >= 0.6 is 61.4 Å². The Hall–Kier alpha value is 0.950. The van der Waals surface area contributed by atoms with Gasteiger partial charge in [0.05, 0.1) is 18.2 Å². The van der Waals surface area contributed by atoms with Gasteiger partial charge in [-0.15, -0.1) is 49.6 Å². The van der Waals surface area contributed by atoms with Gasteiger partial charge < -0.3 is 72.5 Å². The first-order valence-corrected chi connectivity index (χ1v) is 18.9. The molecule has 0 bridgehead atoms. The molecule has 0 spiro atoms. The van der Waals surface area contributed by atoms with Crippen LogP contribution in [0.3, 0.4) is 0 Å². The van der Waals surface area contributed by atoms with Crippen LogP contribution in [0.2, 0.25) is 0 Å². The highest BCUT2D eigenvalue weighted by atomic mass is 35.5. The molecule has 3 rings (SSSR count). The third-order valence-electron chi connectivity index (χ3n) is 9.73. The van der Waals surface area contributed by atoms with Crippen LogP contribution in [0.1, 0.15) is 90.4 Å². The number of unbranched alkanes of at least 4 members (excludes halogenated alkanes) is 11. The Kier molecular flexibility index (Phi) is 30.1. The van der Waals surface area contributed by atoms with Crippen molar-refractivity contribution in [3.8, 4) is 0 Å². The van der Waals surface area contributed by atoms with Gasteiger partial charge in [0.1, 0.15) is 48.8 Å². The summed E-state index contributed by atoms with van der Waals surface area (Å²) >= 11 is 1.65. The van der Waals surface area contributed by atoms with Crippen molar-refractivity contribution in [2.45, 2.75) is 182 Å². The molecule has 0 aromatic rings. The zero-order valence-corrected chi connectivity index (χ0v) is 33.7. The summed E-state index contributed by atoms with van der Waals surface area (Å²) in [5.74, 6) is 1.35. The van der Waals surface area contributed by atoms with Crippen molar-refractivity contribution >= 4 is 61.4 Å². The van der Waals surface area contributed by atoms with Gasteiger partial charge in [0.25, 0.3) is 0 Å². The molecule has 3 aliphatic rings. The fraction of sp³-hybridized carbons (Fsp3) is 1.00. The second kappa shape index (κ2) is 28.4. The summed E-state index contributed by atoms with van der Waals surface area (Å²) < 4.78 is 23.4. The first-order valence-electron chi connectivity index (χ1n) is 17.8. The quantitative estimate of drug-likeness (QED) is 0.0762. The molecule has 0 unspecified atom stereocenters. The highest BCUT2D eigenvalue weighted by molar-refractivity contribution is 7.99. The van der Waals surface area contributed by atoms with Gasteiger partial charge >= 0.3 is 0 Å². The van der Waals surface area contributed by atoms with E-state index in [-0.39, 0.29) is 62.6 Å². The van der Waals surface area contributed by atoms with E-state index in [0.29, 0.717) is 5.75 Å². The Balaban J connectivity index is 0. The molecule has 14 N–H and O–H groups in total. The van der Waals surface area contributed by atoms with Gasteiger partial charge in [-0.2, -0.15) is 11.8 Å². The van der Waals surface area contributed by atoms with E-state index in [2.05, 4.69) is 6.92 Å². The topological polar surface area (TPSA) is 262 Å². The Morgan fingerprint density at radius 2 is 1.02 bits per heavy atom. The number of aliphatic hydroxyl groups excluding tert-OH is 6. The maximum atomic E-state index is 11.3. The fourth-order valence-corrected chi connectivity index (χ4v) is 7.71. The van der Waals surface area contributed by atoms with Crippen LogP contribution in [0.4, 0.5) is 0 Å². The zero-order chi connectivity index (χ0) is 34.5. The number of ether oxygens (including phenoxy) is 4. The molecule has 2 aliphatic heterocycles. The molecule has 0 radical (unpaired) electrons. The SMILES string of the molecule is CCCCCCCCCCCCCCSC[C@H]1O[C@H](O[C@@H]2[C@@H](O)[C@H](O[C@H]3O[C@H](CN)[C@@H](O)[C@H](O)[C@H]3O)[C@@H](N)C[C@H]2N)[C@H](O)[C@@H](N)[C@@H]1O.Cl.Cl.Cl.Cl. The summed E-state index contributed by atoms with van der Waals surface area (Å²) in [4.78, 5) is 0. The van der Waals surface area contributed by atoms with E-state index >= 15 is 0 Å². The van der Waals surface area contributed by atoms with Gasteiger partial charge in [-0.25, -0.2) is 0 Å². The van der Waals surface area contributed by atoms with Crippen molar-refractivity contribution in [2.24, 2.45) is 22.9 Å². The lowest BCUT2D eigenvalue weighted by Gasteiger charge is -2.48. The number of aliphatic hydroxyl groups is 6. The molecule has 14 nitrogen and oxygen atoms in total. The lowest BCUT2D eigenvalue weighted by Crippen LogP contribution is -2.68. The number of rotatable bonds is 20. The molecule has 3 fully saturated rings. The van der Waals surface area contributed by atoms with Crippen molar-refractivity contribution in [1.82, 2.24) is 0 Å². The lowest BCUT2D eigenvalue weighted by molar-refractivity contribution is -0.330. The van der Waals surface area contributed by atoms with Crippen LogP contribution in [-0.4, -0.2) is 140 Å². The Morgan fingerprint density at radius 1 is 0.569 bits per heavy atom. The molecule has 51 heavy (non-hydrogen) atoms. The average Bonchev–Trinajstić information content (AvgIpc) is 3.05. The second-order valence-corrected chi connectivity index (χ2v) is 14.7. The molecule has 0 amide bonds. The average molecular weight is 843 g/mol. The summed E-state index contributed by atoms with van der Waals surface area (Å²) in [6.45, 7) is 2.09. The molecule has 1 aliphatic carbocycles. The highest BCUT2D eigenvalue weighted by Crippen LogP contribution is 2.32. The molecule has 2 saturated heterocycles. The first kappa shape index (κ1) is 54.1. The zero-order valence-electron chi connectivity index (χ0n) is 29.6. The van der Waals surface area contributed by atoms with Crippen molar-refractivity contribution in [3.63, 3.8) is 0 Å². The third-order valence-corrected chi connectivity index (χ3v) is 10.9. The van der Waals surface area contributed by atoms with Crippen molar-refractivity contribution < 1.29 is 49.6 Å². The smallest absolute Gasteiger partial charge is 0.187 e. The minimum atomic E-state index is -1.64. The van der Waals surface area contributed by atoms with Crippen LogP contribution in [0.25, 0.3) is 0 Å². The highest BCUT2D eigenvalue weighted by Gasteiger charge is 2.51. The van der Waals surface area contributed by atoms with E-state index in [1.54, 1.807) is 11.8 Å². The van der Waals surface area contributed by atoms with Crippen LogP contribution < -0.4 is 22.9 Å². The van der Waals surface area contributed by atoms with Gasteiger partial charge in [-0.1, -0.05) is 77.6 Å². The van der Waals surface area contributed by atoms with E-state index in [1.165, 1.54) is 64.2 Å². The van der Waals surface area contributed by atoms with E-state index in [9.17, 15) is 30.6 Å². The molecular formula is C32H68Cl4N4O10S. The Labute approximate surface area is 332 Å². The van der Waals surface area contributed by atoms with Crippen LogP contribution in [-0.2, 0) is 18.9 Å². The molecule has 0 aromatic carbocycles. The standard InChI is InChI=1S/C32H64N4O10S.4ClH/c1-2-3-4-5-6-7-8-9-10-11-12-13-14-47-17-21-23(37)22(36)25(39)31(44-21)45-29-18(34)15-19(35)30(28(29)42)46-32-27(41)26(40)24(38)20(16-33)43-32;;;;/h18-32,37-42H,2-17,33-36H2,1H3;4*1H/t18-,19+,20-,21-,22+,23-,24-,25-,26+,27-,28-,29+,30-,31-,32-;;;;/m1..../s1. The Bertz CT molecular complexity index is 876. The van der Waals surface area contributed by atoms with Gasteiger partial charge in [0.15, 0.2) is 12.6 Å². The summed E-state index contributed by atoms with van der Waals surface area (Å²) in [6, 6.07) is -2.63. The molecule has 2 heterocycles. The molecule has 15 atom stereocenters. The van der Waals surface area contributed by atoms with Crippen molar-refractivity contribution in [2.75, 3.05) is 18.1 Å². The number of nitrogens with two attached hydrogens (primary N) is 4. The summed E-state index contributed by atoms with van der Waals surface area (Å²) in [5.41, 5.74) is 24.3. The van der Waals surface area contributed by atoms with E-state index in [1.807, 2.05) is 0 Å². The lowest BCUT2D eigenvalue weighted by atomic mass is 9.84. The number of halogens is 4. The van der Waals surface area contributed by atoms with Gasteiger partial charge in [0.2, 0.25) is 0 Å². The predicted octanol–water partition coefficient (Wildman–Crippen LogP) is 0.838. The maximum Gasteiger partial charge on any atom is 0.187 e. The molecule has 1 saturated carbocycles. The van der Waals surface area contributed by atoms with Crippen LogP contribution in [0.5, 0.6) is 0 Å². The normalized spacial score (nSPS) is 38.1. The third kappa shape index (κ3) is 16.1. The predicted molar refractivity (Wildman–Crippen MR) is 208 cm³/mol. The monoisotopic (exact) mass is 840 g/mol. The minimum Gasteiger partial charge on any atom is -0.389 e. The van der Waals surface area contributed by atoms with Crippen LogP contribution in [0.15, 0.2) is 0 Å². The van der Waals surface area contributed by atoms with Gasteiger partial charge in [-0.05, 0) is 18.6 Å². The molecule has 19 heteroatoms. The molecule has 0 aromatic heterocycles. The van der Waals surface area contributed by atoms with E-state index in [4.69, 9.17) is 41.9 Å². The number of hydrogen-bond acceptors (Lipinski definition) is 15. The molecular weight excluding hydrogens is 774 g/mol. The number of thioether (sulfide) groups is 1. The van der Waals surface area contributed by atoms with E-state index < -0.39 is 91.7 Å². The van der Waals surface area contributed by atoms with Crippen molar-refractivity contribution in [3.05, 3.63) is 0 Å². The first-order chi connectivity index (χ1) is 22.5. The van der Waals surface area contributed by atoms with Gasteiger partial charge in [-0.3, -0.25) is 0 Å². The summed E-state index contributed by atoms with van der Waals surface area (Å²) in [5, 5.41) is 63.6. The second-order valence-electron chi connectivity index (χ2n) is 13.6. The minimum absolute atomic E-state index is 0.